The molecule has 0 aromatic rings. The summed E-state index contributed by atoms with van der Waals surface area (Å²) < 4.78 is 5.22. The minimum Gasteiger partial charge on any atom is -0.458 e. The Morgan fingerprint density at radius 1 is 1.33 bits per heavy atom. The van der Waals surface area contributed by atoms with Crippen molar-refractivity contribution in [3.63, 3.8) is 0 Å². The molecule has 3 atom stereocenters. The molecule has 1 aliphatic rings. The highest BCUT2D eigenvalue weighted by molar-refractivity contribution is 5.82. The first-order valence-electron chi connectivity index (χ1n) is 9.07. The van der Waals surface area contributed by atoms with E-state index in [1.807, 2.05) is 6.08 Å². The molecule has 0 radical (unpaired) electrons. The molecule has 24 heavy (non-hydrogen) atoms. The van der Waals surface area contributed by atoms with E-state index in [1.165, 1.54) is 19.8 Å². The van der Waals surface area contributed by atoms with Gasteiger partial charge in [0.25, 0.3) is 0 Å². The number of unbranched alkanes of at least 4 members (excludes halogenated alkanes) is 3. The Bertz CT molecular complexity index is 464. The van der Waals surface area contributed by atoms with Crippen LogP contribution in [0.15, 0.2) is 24.3 Å². The van der Waals surface area contributed by atoms with Crippen LogP contribution in [-0.2, 0) is 19.1 Å². The summed E-state index contributed by atoms with van der Waals surface area (Å²) in [6, 6.07) is 0. The minimum atomic E-state index is -0.469. The van der Waals surface area contributed by atoms with Crippen molar-refractivity contribution in [2.45, 2.75) is 71.3 Å². The third kappa shape index (κ3) is 7.71. The molecular weight excluding hydrogens is 304 g/mol. The second-order valence-corrected chi connectivity index (χ2v) is 6.44. The smallest absolute Gasteiger partial charge is 0.306 e. The quantitative estimate of drug-likeness (QED) is 0.246. The van der Waals surface area contributed by atoms with Crippen molar-refractivity contribution in [2.24, 2.45) is 11.8 Å². The lowest BCUT2D eigenvalue weighted by Gasteiger charge is -2.20. The zero-order valence-corrected chi connectivity index (χ0v) is 14.9. The summed E-state index contributed by atoms with van der Waals surface area (Å²) >= 11 is 0. The number of esters is 1. The molecule has 1 rings (SSSR count). The molecule has 0 aromatic heterocycles. The SMILES string of the molecule is CCCCC/C=C\C[C@@H](C(C)=O)[C@@H](C=O)/C=C/C1CCCC(=O)O1. The van der Waals surface area contributed by atoms with Gasteiger partial charge in [0, 0.05) is 18.3 Å². The van der Waals surface area contributed by atoms with Gasteiger partial charge in [-0.25, -0.2) is 0 Å². The largest absolute Gasteiger partial charge is 0.458 e. The molecule has 0 bridgehead atoms. The first-order chi connectivity index (χ1) is 11.6. The van der Waals surface area contributed by atoms with Crippen molar-refractivity contribution in [1.29, 1.82) is 0 Å². The average Bonchev–Trinajstić information content (AvgIpc) is 2.56. The van der Waals surface area contributed by atoms with Crippen LogP contribution >= 0.6 is 0 Å². The summed E-state index contributed by atoms with van der Waals surface area (Å²) in [6.07, 6.45) is 15.3. The van der Waals surface area contributed by atoms with Crippen LogP contribution in [0.3, 0.4) is 0 Å². The number of ether oxygens (including phenoxy) is 1. The van der Waals surface area contributed by atoms with Gasteiger partial charge in [0.2, 0.25) is 0 Å². The molecule has 0 saturated carbocycles. The van der Waals surface area contributed by atoms with Gasteiger partial charge < -0.3 is 9.53 Å². The molecule has 1 heterocycles. The molecule has 1 saturated heterocycles. The lowest BCUT2D eigenvalue weighted by atomic mass is 9.86. The van der Waals surface area contributed by atoms with Crippen molar-refractivity contribution in [3.8, 4) is 0 Å². The molecule has 4 nitrogen and oxygen atoms in total. The van der Waals surface area contributed by atoms with E-state index in [0.29, 0.717) is 12.8 Å². The van der Waals surface area contributed by atoms with E-state index < -0.39 is 5.92 Å². The second-order valence-electron chi connectivity index (χ2n) is 6.44. The van der Waals surface area contributed by atoms with E-state index in [-0.39, 0.29) is 23.8 Å². The zero-order valence-electron chi connectivity index (χ0n) is 14.9. The van der Waals surface area contributed by atoms with Crippen LogP contribution in [0.1, 0.15) is 65.2 Å². The Balaban J connectivity index is 2.57. The molecule has 4 heteroatoms. The van der Waals surface area contributed by atoms with E-state index in [0.717, 1.165) is 32.0 Å². The van der Waals surface area contributed by atoms with Crippen molar-refractivity contribution in [3.05, 3.63) is 24.3 Å². The molecule has 0 aliphatic carbocycles. The molecule has 134 valence electrons. The summed E-state index contributed by atoms with van der Waals surface area (Å²) in [4.78, 5) is 34.6. The van der Waals surface area contributed by atoms with E-state index in [2.05, 4.69) is 13.0 Å². The van der Waals surface area contributed by atoms with Gasteiger partial charge in [-0.15, -0.1) is 0 Å². The number of cyclic esters (lactones) is 1. The van der Waals surface area contributed by atoms with Gasteiger partial charge in [-0.05, 0) is 45.1 Å². The van der Waals surface area contributed by atoms with E-state index in [4.69, 9.17) is 4.74 Å². The Hall–Kier alpha value is -1.71. The third-order valence-electron chi connectivity index (χ3n) is 4.38. The number of ketones is 1. The van der Waals surface area contributed by atoms with Crippen molar-refractivity contribution in [2.75, 3.05) is 0 Å². The fourth-order valence-corrected chi connectivity index (χ4v) is 2.86. The lowest BCUT2D eigenvalue weighted by molar-refractivity contribution is -0.150. The summed E-state index contributed by atoms with van der Waals surface area (Å²) in [5.41, 5.74) is 0. The van der Waals surface area contributed by atoms with Crippen LogP contribution in [0, 0.1) is 11.8 Å². The normalized spacial score (nSPS) is 20.9. The number of aldehydes is 1. The number of carbonyl (C=O) groups is 3. The number of hydrogen-bond donors (Lipinski definition) is 0. The number of hydrogen-bond acceptors (Lipinski definition) is 4. The Labute approximate surface area is 145 Å². The molecule has 0 N–H and O–H groups in total. The van der Waals surface area contributed by atoms with Crippen LogP contribution in [0.5, 0.6) is 0 Å². The van der Waals surface area contributed by atoms with E-state index in [1.54, 1.807) is 12.2 Å². The highest BCUT2D eigenvalue weighted by Crippen LogP contribution is 2.21. The highest BCUT2D eigenvalue weighted by atomic mass is 16.5. The predicted molar refractivity (Wildman–Crippen MR) is 94.5 cm³/mol. The summed E-state index contributed by atoms with van der Waals surface area (Å²) in [7, 11) is 0. The molecular formula is C20H30O4. The van der Waals surface area contributed by atoms with Crippen LogP contribution in [0.2, 0.25) is 0 Å². The van der Waals surface area contributed by atoms with Crippen molar-refractivity contribution < 1.29 is 19.1 Å². The topological polar surface area (TPSA) is 60.4 Å². The molecule has 1 fully saturated rings. The molecule has 0 aromatic carbocycles. The Morgan fingerprint density at radius 3 is 2.75 bits per heavy atom. The third-order valence-corrected chi connectivity index (χ3v) is 4.38. The number of Topliss-reactive ketones (excluding diaryl/α,β-unsaturated/α-hetero) is 1. The Morgan fingerprint density at radius 2 is 2.12 bits per heavy atom. The maximum absolute atomic E-state index is 11.9. The van der Waals surface area contributed by atoms with Crippen LogP contribution in [0.25, 0.3) is 0 Å². The van der Waals surface area contributed by atoms with Crippen LogP contribution < -0.4 is 0 Å². The summed E-state index contributed by atoms with van der Waals surface area (Å²) in [5.74, 6) is -1.00. The number of allylic oxidation sites excluding steroid dienone is 3. The lowest BCUT2D eigenvalue weighted by Crippen LogP contribution is -2.24. The molecule has 1 aliphatic heterocycles. The summed E-state index contributed by atoms with van der Waals surface area (Å²) in [5, 5.41) is 0. The van der Waals surface area contributed by atoms with Gasteiger partial charge in [-0.3, -0.25) is 9.59 Å². The number of rotatable bonds is 11. The van der Waals surface area contributed by atoms with Crippen molar-refractivity contribution >= 4 is 18.0 Å². The predicted octanol–water partition coefficient (Wildman–Crippen LogP) is 4.19. The minimum absolute atomic E-state index is 0.00981. The summed E-state index contributed by atoms with van der Waals surface area (Å²) in [6.45, 7) is 3.70. The zero-order chi connectivity index (χ0) is 17.8. The van der Waals surface area contributed by atoms with Gasteiger partial charge in [0.05, 0.1) is 0 Å². The monoisotopic (exact) mass is 334 g/mol. The molecule has 0 amide bonds. The standard InChI is InChI=1S/C20H30O4/c1-3-4-5-6-7-8-11-19(16(2)22)17(15-21)13-14-18-10-9-12-20(23)24-18/h7-8,13-15,17-19H,3-6,9-12H2,1-2H3/b8-7-,14-13+/t17-,18?,19+/m1/s1. The molecule has 0 spiro atoms. The maximum Gasteiger partial charge on any atom is 0.306 e. The number of carbonyl (C=O) groups excluding carboxylic acids is 3. The van der Waals surface area contributed by atoms with Gasteiger partial charge in [0.15, 0.2) is 0 Å². The van der Waals surface area contributed by atoms with Gasteiger partial charge in [0.1, 0.15) is 18.2 Å². The van der Waals surface area contributed by atoms with E-state index >= 15 is 0 Å². The van der Waals surface area contributed by atoms with Gasteiger partial charge in [-0.1, -0.05) is 38.0 Å². The first-order valence-corrected chi connectivity index (χ1v) is 9.07. The second kappa shape index (κ2) is 11.8. The average molecular weight is 334 g/mol. The van der Waals surface area contributed by atoms with Gasteiger partial charge >= 0.3 is 5.97 Å². The fourth-order valence-electron chi connectivity index (χ4n) is 2.86. The van der Waals surface area contributed by atoms with Crippen molar-refractivity contribution in [1.82, 2.24) is 0 Å². The van der Waals surface area contributed by atoms with Gasteiger partial charge in [-0.2, -0.15) is 0 Å². The maximum atomic E-state index is 11.9. The van der Waals surface area contributed by atoms with E-state index in [9.17, 15) is 14.4 Å². The Kier molecular flexibility index (Phi) is 9.97. The highest BCUT2D eigenvalue weighted by Gasteiger charge is 2.23. The van der Waals surface area contributed by atoms with Crippen LogP contribution in [0.4, 0.5) is 0 Å². The van der Waals surface area contributed by atoms with Crippen LogP contribution in [-0.4, -0.2) is 24.1 Å². The molecule has 1 unspecified atom stereocenters. The first kappa shape index (κ1) is 20.3. The fraction of sp³-hybridized carbons (Fsp3) is 0.650.